The van der Waals surface area contributed by atoms with Crippen LogP contribution in [0.5, 0.6) is 0 Å². The molecule has 168 valence electrons. The summed E-state index contributed by atoms with van der Waals surface area (Å²) in [6.45, 7) is 2.73. The van der Waals surface area contributed by atoms with Gasteiger partial charge in [-0.3, -0.25) is 0 Å². The van der Waals surface area contributed by atoms with Crippen molar-refractivity contribution in [3.8, 4) is 0 Å². The third kappa shape index (κ3) is 11.7. The molecular formula is C23H46O5. The molecule has 0 aromatic heterocycles. The Balaban J connectivity index is 1.83. The molecular weight excluding hydrogens is 356 g/mol. The SMILES string of the molecule is CCCCCCCCCCCCCCCCCO[C@@H](CO)[C@@H]1OC[C@@H](O)[C@@H]1O. The van der Waals surface area contributed by atoms with E-state index in [2.05, 4.69) is 6.92 Å². The molecule has 0 radical (unpaired) electrons. The van der Waals surface area contributed by atoms with E-state index in [0.717, 1.165) is 12.8 Å². The molecule has 0 aromatic carbocycles. The molecule has 1 fully saturated rings. The van der Waals surface area contributed by atoms with Crippen molar-refractivity contribution in [3.05, 3.63) is 0 Å². The zero-order valence-electron chi connectivity index (χ0n) is 18.2. The molecule has 1 aliphatic heterocycles. The van der Waals surface area contributed by atoms with Gasteiger partial charge in [-0.1, -0.05) is 96.8 Å². The Hall–Kier alpha value is -0.200. The standard InChI is InChI=1S/C23H46O5/c1-2-3-4-5-6-7-8-9-10-11-12-13-14-15-16-17-27-21(18-24)23-22(26)20(25)19-28-23/h20-26H,2-19H2,1H3/t20-,21+,22+,23+/m1/s1. The van der Waals surface area contributed by atoms with E-state index in [1.54, 1.807) is 0 Å². The summed E-state index contributed by atoms with van der Waals surface area (Å²) >= 11 is 0. The maximum absolute atomic E-state index is 9.83. The number of aliphatic hydroxyl groups is 3. The molecule has 3 N–H and O–H groups in total. The highest BCUT2D eigenvalue weighted by Gasteiger charge is 2.40. The fourth-order valence-electron chi connectivity index (χ4n) is 3.91. The summed E-state index contributed by atoms with van der Waals surface area (Å²) in [5.74, 6) is 0. The Kier molecular flexibility index (Phi) is 16.3. The second-order valence-electron chi connectivity index (χ2n) is 8.40. The van der Waals surface area contributed by atoms with Gasteiger partial charge in [0.05, 0.1) is 13.2 Å². The maximum Gasteiger partial charge on any atom is 0.114 e. The van der Waals surface area contributed by atoms with Crippen LogP contribution in [0.2, 0.25) is 0 Å². The van der Waals surface area contributed by atoms with Crippen LogP contribution in [-0.2, 0) is 9.47 Å². The average Bonchev–Trinajstić information content (AvgIpc) is 3.03. The van der Waals surface area contributed by atoms with E-state index >= 15 is 0 Å². The van der Waals surface area contributed by atoms with E-state index in [1.807, 2.05) is 0 Å². The van der Waals surface area contributed by atoms with E-state index in [1.165, 1.54) is 83.5 Å². The zero-order chi connectivity index (χ0) is 20.5. The number of ether oxygens (including phenoxy) is 2. The Morgan fingerprint density at radius 3 is 1.64 bits per heavy atom. The van der Waals surface area contributed by atoms with Crippen LogP contribution < -0.4 is 0 Å². The summed E-state index contributed by atoms with van der Waals surface area (Å²) in [6.07, 6.45) is 16.9. The van der Waals surface area contributed by atoms with Crippen molar-refractivity contribution < 1.29 is 24.8 Å². The summed E-state index contributed by atoms with van der Waals surface area (Å²) in [4.78, 5) is 0. The Bertz CT molecular complexity index is 339. The summed E-state index contributed by atoms with van der Waals surface area (Å²) in [6, 6.07) is 0. The molecule has 5 heteroatoms. The van der Waals surface area contributed by atoms with Crippen LogP contribution in [0, 0.1) is 0 Å². The van der Waals surface area contributed by atoms with E-state index in [0.29, 0.717) is 6.61 Å². The fourth-order valence-corrected chi connectivity index (χ4v) is 3.91. The van der Waals surface area contributed by atoms with Gasteiger partial charge in [-0.15, -0.1) is 0 Å². The van der Waals surface area contributed by atoms with Gasteiger partial charge in [0.25, 0.3) is 0 Å². The lowest BCUT2D eigenvalue weighted by Crippen LogP contribution is -2.42. The van der Waals surface area contributed by atoms with Crippen molar-refractivity contribution in [1.29, 1.82) is 0 Å². The van der Waals surface area contributed by atoms with Gasteiger partial charge in [0.2, 0.25) is 0 Å². The Morgan fingerprint density at radius 1 is 0.786 bits per heavy atom. The lowest BCUT2D eigenvalue weighted by Gasteiger charge is -2.24. The minimum Gasteiger partial charge on any atom is -0.394 e. The molecule has 0 amide bonds. The first kappa shape index (κ1) is 25.8. The lowest BCUT2D eigenvalue weighted by molar-refractivity contribution is -0.101. The van der Waals surface area contributed by atoms with Crippen molar-refractivity contribution in [1.82, 2.24) is 0 Å². The van der Waals surface area contributed by atoms with Crippen LogP contribution in [0.25, 0.3) is 0 Å². The average molecular weight is 403 g/mol. The third-order valence-corrected chi connectivity index (χ3v) is 5.82. The summed E-state index contributed by atoms with van der Waals surface area (Å²) in [5, 5.41) is 28.8. The zero-order valence-corrected chi connectivity index (χ0v) is 18.2. The van der Waals surface area contributed by atoms with Crippen molar-refractivity contribution in [2.45, 2.75) is 128 Å². The first-order valence-electron chi connectivity index (χ1n) is 11.9. The van der Waals surface area contributed by atoms with Gasteiger partial charge in [-0.2, -0.15) is 0 Å². The van der Waals surface area contributed by atoms with E-state index < -0.39 is 24.4 Å². The molecule has 5 nitrogen and oxygen atoms in total. The minimum atomic E-state index is -0.974. The second kappa shape index (κ2) is 17.6. The minimum absolute atomic E-state index is 0.102. The molecule has 1 aliphatic rings. The van der Waals surface area contributed by atoms with E-state index in [9.17, 15) is 15.3 Å². The molecule has 1 heterocycles. The normalized spacial score (nSPS) is 23.4. The highest BCUT2D eigenvalue weighted by Crippen LogP contribution is 2.20. The van der Waals surface area contributed by atoms with Gasteiger partial charge < -0.3 is 24.8 Å². The molecule has 4 atom stereocenters. The van der Waals surface area contributed by atoms with Gasteiger partial charge in [-0.05, 0) is 6.42 Å². The van der Waals surface area contributed by atoms with Crippen LogP contribution >= 0.6 is 0 Å². The van der Waals surface area contributed by atoms with Crippen LogP contribution in [0.15, 0.2) is 0 Å². The van der Waals surface area contributed by atoms with Crippen LogP contribution in [0.1, 0.15) is 103 Å². The molecule has 0 saturated carbocycles. The topological polar surface area (TPSA) is 79.2 Å². The molecule has 0 bridgehead atoms. The van der Waals surface area contributed by atoms with Crippen molar-refractivity contribution in [3.63, 3.8) is 0 Å². The summed E-state index contributed by atoms with van der Waals surface area (Å²) in [7, 11) is 0. The summed E-state index contributed by atoms with van der Waals surface area (Å²) < 4.78 is 11.0. The molecule has 0 spiro atoms. The predicted octanol–water partition coefficient (Wildman–Crippen LogP) is 4.36. The summed E-state index contributed by atoms with van der Waals surface area (Å²) in [5.41, 5.74) is 0. The third-order valence-electron chi connectivity index (χ3n) is 5.82. The van der Waals surface area contributed by atoms with Gasteiger partial charge in [0.15, 0.2) is 0 Å². The van der Waals surface area contributed by atoms with Crippen molar-refractivity contribution in [2.24, 2.45) is 0 Å². The fraction of sp³-hybridized carbons (Fsp3) is 1.00. The predicted molar refractivity (Wildman–Crippen MR) is 114 cm³/mol. The number of hydrogen-bond donors (Lipinski definition) is 3. The molecule has 28 heavy (non-hydrogen) atoms. The largest absolute Gasteiger partial charge is 0.394 e. The number of hydrogen-bond acceptors (Lipinski definition) is 5. The van der Waals surface area contributed by atoms with Gasteiger partial charge >= 0.3 is 0 Å². The maximum atomic E-state index is 9.83. The Labute approximate surface area is 172 Å². The first-order chi connectivity index (χ1) is 13.7. The van der Waals surface area contributed by atoms with Crippen molar-refractivity contribution >= 4 is 0 Å². The van der Waals surface area contributed by atoms with Crippen LogP contribution in [0.3, 0.4) is 0 Å². The van der Waals surface area contributed by atoms with Gasteiger partial charge in [0, 0.05) is 6.61 Å². The van der Waals surface area contributed by atoms with E-state index in [4.69, 9.17) is 9.47 Å². The second-order valence-corrected chi connectivity index (χ2v) is 8.40. The van der Waals surface area contributed by atoms with Gasteiger partial charge in [-0.25, -0.2) is 0 Å². The van der Waals surface area contributed by atoms with Gasteiger partial charge in [0.1, 0.15) is 24.4 Å². The van der Waals surface area contributed by atoms with E-state index in [-0.39, 0.29) is 13.2 Å². The van der Waals surface area contributed by atoms with Crippen LogP contribution in [0.4, 0.5) is 0 Å². The highest BCUT2D eigenvalue weighted by molar-refractivity contribution is 4.88. The number of rotatable bonds is 19. The highest BCUT2D eigenvalue weighted by atomic mass is 16.6. The monoisotopic (exact) mass is 402 g/mol. The quantitative estimate of drug-likeness (QED) is 0.280. The lowest BCUT2D eigenvalue weighted by atomic mass is 10.0. The molecule has 1 rings (SSSR count). The smallest absolute Gasteiger partial charge is 0.114 e. The van der Waals surface area contributed by atoms with Crippen LogP contribution in [-0.4, -0.2) is 59.6 Å². The molecule has 0 aliphatic carbocycles. The number of unbranched alkanes of at least 4 members (excludes halogenated alkanes) is 14. The molecule has 0 aromatic rings. The number of aliphatic hydroxyl groups excluding tert-OH is 3. The molecule has 0 unspecified atom stereocenters. The first-order valence-corrected chi connectivity index (χ1v) is 11.9. The van der Waals surface area contributed by atoms with Crippen molar-refractivity contribution in [2.75, 3.05) is 19.8 Å². The Morgan fingerprint density at radius 2 is 1.25 bits per heavy atom. The molecule has 1 saturated heterocycles.